The van der Waals surface area contributed by atoms with Crippen LogP contribution in [0.3, 0.4) is 0 Å². The number of nitrogens with one attached hydrogen (secondary N) is 1. The van der Waals surface area contributed by atoms with E-state index in [-0.39, 0.29) is 5.60 Å². The fraction of sp³-hybridized carbons (Fsp3) is 1.00. The van der Waals surface area contributed by atoms with Gasteiger partial charge in [-0.2, -0.15) is 0 Å². The Morgan fingerprint density at radius 3 is 2.56 bits per heavy atom. The first-order valence-corrected chi connectivity index (χ1v) is 8.11. The Morgan fingerprint density at radius 1 is 1.22 bits per heavy atom. The van der Waals surface area contributed by atoms with Crippen molar-refractivity contribution in [3.8, 4) is 0 Å². The van der Waals surface area contributed by atoms with Crippen LogP contribution in [-0.4, -0.2) is 24.8 Å². The number of ether oxygens (including phenoxy) is 1. The highest BCUT2D eigenvalue weighted by molar-refractivity contribution is 4.91. The van der Waals surface area contributed by atoms with Crippen molar-refractivity contribution >= 4 is 0 Å². The van der Waals surface area contributed by atoms with Gasteiger partial charge >= 0.3 is 0 Å². The summed E-state index contributed by atoms with van der Waals surface area (Å²) in [7, 11) is 0. The van der Waals surface area contributed by atoms with E-state index in [9.17, 15) is 0 Å². The van der Waals surface area contributed by atoms with Crippen molar-refractivity contribution in [3.05, 3.63) is 0 Å². The average Bonchev–Trinajstić information content (AvgIpc) is 3.20. The summed E-state index contributed by atoms with van der Waals surface area (Å²) < 4.78 is 6.40. The van der Waals surface area contributed by atoms with Gasteiger partial charge < -0.3 is 10.1 Å². The van der Waals surface area contributed by atoms with Gasteiger partial charge in [-0.15, -0.1) is 0 Å². The first-order chi connectivity index (χ1) is 8.74. The summed E-state index contributed by atoms with van der Waals surface area (Å²) in [5.74, 6) is 0.717. The molecule has 2 nitrogen and oxygen atoms in total. The van der Waals surface area contributed by atoms with Gasteiger partial charge in [0.25, 0.3) is 0 Å². The van der Waals surface area contributed by atoms with Gasteiger partial charge in [0.1, 0.15) is 0 Å². The number of rotatable bonds is 8. The van der Waals surface area contributed by atoms with Crippen LogP contribution >= 0.6 is 0 Å². The Labute approximate surface area is 113 Å². The summed E-state index contributed by atoms with van der Waals surface area (Å²) in [5, 5.41) is 3.70. The molecular formula is C16H31NO. The van der Waals surface area contributed by atoms with Crippen LogP contribution in [0.25, 0.3) is 0 Å². The molecule has 0 amide bonds. The molecule has 0 aromatic rings. The molecular weight excluding hydrogens is 222 g/mol. The molecule has 2 rings (SSSR count). The molecule has 0 aromatic carbocycles. The van der Waals surface area contributed by atoms with E-state index in [2.05, 4.69) is 19.2 Å². The maximum atomic E-state index is 6.40. The van der Waals surface area contributed by atoms with Gasteiger partial charge in [0, 0.05) is 19.2 Å². The van der Waals surface area contributed by atoms with Crippen molar-refractivity contribution in [2.45, 2.75) is 83.3 Å². The molecule has 0 saturated heterocycles. The highest BCUT2D eigenvalue weighted by atomic mass is 16.5. The van der Waals surface area contributed by atoms with E-state index in [4.69, 9.17) is 4.74 Å². The van der Waals surface area contributed by atoms with Crippen LogP contribution in [0.5, 0.6) is 0 Å². The fourth-order valence-corrected chi connectivity index (χ4v) is 3.08. The minimum absolute atomic E-state index is 0.169. The quantitative estimate of drug-likeness (QED) is 0.708. The molecule has 106 valence electrons. The Morgan fingerprint density at radius 2 is 1.94 bits per heavy atom. The maximum absolute atomic E-state index is 6.40. The molecule has 2 aliphatic rings. The van der Waals surface area contributed by atoms with Crippen LogP contribution in [0.4, 0.5) is 0 Å². The molecule has 1 N–H and O–H groups in total. The molecule has 2 saturated carbocycles. The minimum Gasteiger partial charge on any atom is -0.373 e. The molecule has 0 spiro atoms. The zero-order valence-corrected chi connectivity index (χ0v) is 12.3. The minimum atomic E-state index is 0.169. The van der Waals surface area contributed by atoms with Gasteiger partial charge in [-0.05, 0) is 38.0 Å². The molecule has 2 aliphatic carbocycles. The third-order valence-electron chi connectivity index (χ3n) is 4.51. The van der Waals surface area contributed by atoms with Crippen LogP contribution in [0, 0.1) is 5.92 Å². The fourth-order valence-electron chi connectivity index (χ4n) is 3.08. The topological polar surface area (TPSA) is 21.3 Å². The predicted molar refractivity (Wildman–Crippen MR) is 76.9 cm³/mol. The van der Waals surface area contributed by atoms with Crippen molar-refractivity contribution in [2.24, 2.45) is 5.92 Å². The summed E-state index contributed by atoms with van der Waals surface area (Å²) in [6.07, 6.45) is 12.0. The second-order valence-electron chi connectivity index (χ2n) is 6.60. The monoisotopic (exact) mass is 253 g/mol. The van der Waals surface area contributed by atoms with E-state index < -0.39 is 0 Å². The Kier molecular flexibility index (Phi) is 5.50. The largest absolute Gasteiger partial charge is 0.373 e. The second-order valence-corrected chi connectivity index (χ2v) is 6.60. The standard InChI is InChI=1S/C16H31NO/c1-3-7-14(2)12-18-16(10-5-4-6-11-16)13-17-15-8-9-15/h14-15,17H,3-13H2,1-2H3. The smallest absolute Gasteiger partial charge is 0.0806 e. The summed E-state index contributed by atoms with van der Waals surface area (Å²) in [5.41, 5.74) is 0.169. The van der Waals surface area contributed by atoms with Gasteiger partial charge in [-0.25, -0.2) is 0 Å². The third-order valence-corrected chi connectivity index (χ3v) is 4.51. The highest BCUT2D eigenvalue weighted by Gasteiger charge is 2.35. The molecule has 18 heavy (non-hydrogen) atoms. The van der Waals surface area contributed by atoms with Crippen molar-refractivity contribution < 1.29 is 4.74 Å². The molecule has 0 radical (unpaired) electrons. The molecule has 2 fully saturated rings. The zero-order chi connectivity index (χ0) is 12.8. The average molecular weight is 253 g/mol. The Bertz CT molecular complexity index is 231. The van der Waals surface area contributed by atoms with E-state index in [1.807, 2.05) is 0 Å². The summed E-state index contributed by atoms with van der Waals surface area (Å²) in [4.78, 5) is 0. The molecule has 1 unspecified atom stereocenters. The molecule has 2 heteroatoms. The van der Waals surface area contributed by atoms with Crippen LogP contribution in [0.15, 0.2) is 0 Å². The van der Waals surface area contributed by atoms with Gasteiger partial charge in [0.2, 0.25) is 0 Å². The normalized spacial score (nSPS) is 25.0. The van der Waals surface area contributed by atoms with Crippen molar-refractivity contribution in [2.75, 3.05) is 13.2 Å². The third kappa shape index (κ3) is 4.55. The molecule has 0 heterocycles. The summed E-state index contributed by atoms with van der Waals surface area (Å²) in [6.45, 7) is 6.65. The zero-order valence-electron chi connectivity index (χ0n) is 12.3. The highest BCUT2D eigenvalue weighted by Crippen LogP contribution is 2.33. The van der Waals surface area contributed by atoms with Gasteiger partial charge in [-0.3, -0.25) is 0 Å². The van der Waals surface area contributed by atoms with Crippen LogP contribution < -0.4 is 5.32 Å². The lowest BCUT2D eigenvalue weighted by Gasteiger charge is -2.38. The van der Waals surface area contributed by atoms with Crippen LogP contribution in [0.2, 0.25) is 0 Å². The van der Waals surface area contributed by atoms with Crippen molar-refractivity contribution in [1.29, 1.82) is 0 Å². The van der Waals surface area contributed by atoms with E-state index in [0.29, 0.717) is 0 Å². The number of hydrogen-bond donors (Lipinski definition) is 1. The van der Waals surface area contributed by atoms with E-state index in [0.717, 1.165) is 25.1 Å². The second kappa shape index (κ2) is 6.91. The molecule has 0 aliphatic heterocycles. The van der Waals surface area contributed by atoms with E-state index in [1.165, 1.54) is 57.8 Å². The lowest BCUT2D eigenvalue weighted by atomic mass is 9.84. The molecule has 1 atom stereocenters. The SMILES string of the molecule is CCCC(C)COC1(CNC2CC2)CCCCC1. The van der Waals surface area contributed by atoms with Crippen molar-refractivity contribution in [3.63, 3.8) is 0 Å². The Balaban J connectivity index is 1.78. The predicted octanol–water partition coefficient (Wildman–Crippen LogP) is 3.89. The number of hydrogen-bond acceptors (Lipinski definition) is 2. The van der Waals surface area contributed by atoms with Gasteiger partial charge in [0.05, 0.1) is 5.60 Å². The molecule has 0 aromatic heterocycles. The molecule has 0 bridgehead atoms. The lowest BCUT2D eigenvalue weighted by molar-refractivity contribution is -0.0807. The van der Waals surface area contributed by atoms with Crippen molar-refractivity contribution in [1.82, 2.24) is 5.32 Å². The van der Waals surface area contributed by atoms with Gasteiger partial charge in [0.15, 0.2) is 0 Å². The van der Waals surface area contributed by atoms with E-state index in [1.54, 1.807) is 0 Å². The van der Waals surface area contributed by atoms with Gasteiger partial charge in [-0.1, -0.05) is 39.5 Å². The van der Waals surface area contributed by atoms with Crippen LogP contribution in [-0.2, 0) is 4.74 Å². The summed E-state index contributed by atoms with van der Waals surface area (Å²) in [6, 6.07) is 0.806. The van der Waals surface area contributed by atoms with E-state index >= 15 is 0 Å². The maximum Gasteiger partial charge on any atom is 0.0806 e. The summed E-state index contributed by atoms with van der Waals surface area (Å²) >= 11 is 0. The first-order valence-electron chi connectivity index (χ1n) is 8.11. The Hall–Kier alpha value is -0.0800. The first kappa shape index (κ1) is 14.3. The van der Waals surface area contributed by atoms with Crippen LogP contribution in [0.1, 0.15) is 71.6 Å². The lowest BCUT2D eigenvalue weighted by Crippen LogP contribution is -2.46.